The van der Waals surface area contributed by atoms with E-state index >= 15 is 0 Å². The Balaban J connectivity index is 1.48. The second-order valence-corrected chi connectivity index (χ2v) is 6.80. The first kappa shape index (κ1) is 21.9. The highest BCUT2D eigenvalue weighted by molar-refractivity contribution is 5.77. The van der Waals surface area contributed by atoms with Gasteiger partial charge in [0, 0.05) is 12.7 Å². The van der Waals surface area contributed by atoms with Crippen LogP contribution in [0.25, 0.3) is 0 Å². The van der Waals surface area contributed by atoms with E-state index in [9.17, 15) is 4.79 Å². The predicted molar refractivity (Wildman–Crippen MR) is 119 cm³/mol. The number of nitrogens with one attached hydrogen (secondary N) is 1. The van der Waals surface area contributed by atoms with E-state index < -0.39 is 0 Å². The predicted octanol–water partition coefficient (Wildman–Crippen LogP) is 4.09. The molecule has 1 amide bonds. The maximum atomic E-state index is 12.2. The van der Waals surface area contributed by atoms with Gasteiger partial charge in [-0.25, -0.2) is 0 Å². The van der Waals surface area contributed by atoms with E-state index in [1.807, 2.05) is 60.7 Å². The Hall–Kier alpha value is -3.80. The average molecular weight is 418 g/mol. The number of rotatable bonds is 11. The molecule has 1 N–H and O–H groups in total. The lowest BCUT2D eigenvalue weighted by Crippen LogP contribution is -2.28. The molecule has 6 nitrogen and oxygen atoms in total. The van der Waals surface area contributed by atoms with Crippen molar-refractivity contribution in [3.63, 3.8) is 0 Å². The SMILES string of the molecule is C=CCc1ccc(OCC(=O)NCc2cccc(OCc3ccccn3)c2)c(OC)c1. The summed E-state index contributed by atoms with van der Waals surface area (Å²) in [5, 5.41) is 2.85. The van der Waals surface area contributed by atoms with Crippen molar-refractivity contribution in [1.29, 1.82) is 0 Å². The number of hydrogen-bond acceptors (Lipinski definition) is 5. The van der Waals surface area contributed by atoms with Crippen LogP contribution in [-0.2, 0) is 24.4 Å². The van der Waals surface area contributed by atoms with Gasteiger partial charge >= 0.3 is 0 Å². The van der Waals surface area contributed by atoms with Gasteiger partial charge in [0.25, 0.3) is 5.91 Å². The second-order valence-electron chi connectivity index (χ2n) is 6.80. The fraction of sp³-hybridized carbons (Fsp3) is 0.200. The summed E-state index contributed by atoms with van der Waals surface area (Å²) in [6.45, 7) is 4.39. The lowest BCUT2D eigenvalue weighted by Gasteiger charge is -2.12. The van der Waals surface area contributed by atoms with Crippen molar-refractivity contribution in [3.8, 4) is 17.2 Å². The summed E-state index contributed by atoms with van der Waals surface area (Å²) in [5.74, 6) is 1.61. The third-order valence-corrected chi connectivity index (χ3v) is 4.47. The highest BCUT2D eigenvalue weighted by atomic mass is 16.5. The van der Waals surface area contributed by atoms with E-state index in [1.54, 1.807) is 19.4 Å². The van der Waals surface area contributed by atoms with E-state index in [0.717, 1.165) is 29.0 Å². The summed E-state index contributed by atoms with van der Waals surface area (Å²) in [7, 11) is 1.57. The molecule has 2 aromatic carbocycles. The Morgan fingerprint density at radius 3 is 2.71 bits per heavy atom. The first-order valence-electron chi connectivity index (χ1n) is 9.97. The minimum Gasteiger partial charge on any atom is -0.493 e. The van der Waals surface area contributed by atoms with Gasteiger partial charge in [0.1, 0.15) is 12.4 Å². The van der Waals surface area contributed by atoms with Crippen LogP contribution in [0.15, 0.2) is 79.5 Å². The van der Waals surface area contributed by atoms with Crippen molar-refractivity contribution in [1.82, 2.24) is 10.3 Å². The molecular weight excluding hydrogens is 392 g/mol. The maximum Gasteiger partial charge on any atom is 0.258 e. The van der Waals surface area contributed by atoms with Gasteiger partial charge < -0.3 is 19.5 Å². The molecule has 6 heteroatoms. The molecule has 0 radical (unpaired) electrons. The molecule has 3 aromatic rings. The second kappa shape index (κ2) is 11.4. The van der Waals surface area contributed by atoms with Crippen LogP contribution in [0, 0.1) is 0 Å². The first-order valence-corrected chi connectivity index (χ1v) is 9.97. The zero-order chi connectivity index (χ0) is 21.9. The van der Waals surface area contributed by atoms with Gasteiger partial charge in [-0.2, -0.15) is 0 Å². The Labute approximate surface area is 182 Å². The fourth-order valence-electron chi connectivity index (χ4n) is 2.91. The monoisotopic (exact) mass is 418 g/mol. The van der Waals surface area contributed by atoms with Crippen LogP contribution >= 0.6 is 0 Å². The number of hydrogen-bond donors (Lipinski definition) is 1. The molecule has 0 unspecified atom stereocenters. The highest BCUT2D eigenvalue weighted by Crippen LogP contribution is 2.28. The summed E-state index contributed by atoms with van der Waals surface area (Å²) < 4.78 is 16.8. The molecule has 0 aliphatic heterocycles. The first-order chi connectivity index (χ1) is 15.2. The Morgan fingerprint density at radius 1 is 1.03 bits per heavy atom. The molecule has 0 atom stereocenters. The lowest BCUT2D eigenvalue weighted by molar-refractivity contribution is -0.123. The van der Waals surface area contributed by atoms with Gasteiger partial charge in [-0.3, -0.25) is 9.78 Å². The number of carbonyl (C=O) groups excluding carboxylic acids is 1. The summed E-state index contributed by atoms with van der Waals surface area (Å²) in [5.41, 5.74) is 2.85. The van der Waals surface area contributed by atoms with E-state index in [-0.39, 0.29) is 12.5 Å². The van der Waals surface area contributed by atoms with Crippen LogP contribution in [0.5, 0.6) is 17.2 Å². The largest absolute Gasteiger partial charge is 0.493 e. The van der Waals surface area contributed by atoms with Crippen molar-refractivity contribution in [2.75, 3.05) is 13.7 Å². The summed E-state index contributed by atoms with van der Waals surface area (Å²) >= 11 is 0. The minimum absolute atomic E-state index is 0.104. The standard InChI is InChI=1S/C25H26N2O4/c1-3-7-19-11-12-23(24(15-19)29-2)31-18-25(28)27-16-20-8-6-10-22(14-20)30-17-21-9-4-5-13-26-21/h3-6,8-15H,1,7,16-18H2,2H3,(H,27,28). The summed E-state index contributed by atoms with van der Waals surface area (Å²) in [6, 6.07) is 18.9. The van der Waals surface area contributed by atoms with Crippen LogP contribution in [-0.4, -0.2) is 24.6 Å². The van der Waals surface area contributed by atoms with E-state index in [0.29, 0.717) is 24.7 Å². The number of nitrogens with zero attached hydrogens (tertiary/aromatic N) is 1. The molecule has 0 fully saturated rings. The smallest absolute Gasteiger partial charge is 0.258 e. The number of amides is 1. The Bertz CT molecular complexity index is 1010. The molecule has 1 aromatic heterocycles. The number of aromatic nitrogens is 1. The maximum absolute atomic E-state index is 12.2. The molecule has 1 heterocycles. The molecule has 160 valence electrons. The molecule has 0 bridgehead atoms. The third kappa shape index (κ3) is 6.89. The van der Waals surface area contributed by atoms with E-state index in [2.05, 4.69) is 16.9 Å². The zero-order valence-electron chi connectivity index (χ0n) is 17.5. The van der Waals surface area contributed by atoms with Gasteiger partial charge in [0.05, 0.1) is 12.8 Å². The zero-order valence-corrected chi connectivity index (χ0v) is 17.5. The Kier molecular flexibility index (Phi) is 8.05. The molecule has 0 aliphatic rings. The molecule has 0 saturated carbocycles. The van der Waals surface area contributed by atoms with Gasteiger partial charge in [0.2, 0.25) is 0 Å². The van der Waals surface area contributed by atoms with Crippen LogP contribution < -0.4 is 19.5 Å². The van der Waals surface area contributed by atoms with Crippen LogP contribution in [0.1, 0.15) is 16.8 Å². The van der Waals surface area contributed by atoms with Gasteiger partial charge in [-0.15, -0.1) is 6.58 Å². The topological polar surface area (TPSA) is 69.7 Å². The molecule has 3 rings (SSSR count). The van der Waals surface area contributed by atoms with Crippen LogP contribution in [0.2, 0.25) is 0 Å². The number of allylic oxidation sites excluding steroid dienone is 1. The van der Waals surface area contributed by atoms with Crippen molar-refractivity contribution >= 4 is 5.91 Å². The molecular formula is C25H26N2O4. The van der Waals surface area contributed by atoms with Gasteiger partial charge in [-0.1, -0.05) is 30.3 Å². The summed E-state index contributed by atoms with van der Waals surface area (Å²) in [6.07, 6.45) is 4.29. The number of ether oxygens (including phenoxy) is 3. The van der Waals surface area contributed by atoms with Crippen LogP contribution in [0.4, 0.5) is 0 Å². The van der Waals surface area contributed by atoms with Crippen molar-refractivity contribution in [2.24, 2.45) is 0 Å². The molecule has 0 aliphatic carbocycles. The number of methoxy groups -OCH3 is 1. The molecule has 0 spiro atoms. The normalized spacial score (nSPS) is 10.2. The number of benzene rings is 2. The van der Waals surface area contributed by atoms with Gasteiger partial charge in [-0.05, 0) is 53.9 Å². The van der Waals surface area contributed by atoms with E-state index in [4.69, 9.17) is 14.2 Å². The summed E-state index contributed by atoms with van der Waals surface area (Å²) in [4.78, 5) is 16.5. The molecule has 31 heavy (non-hydrogen) atoms. The number of carbonyl (C=O) groups is 1. The van der Waals surface area contributed by atoms with Gasteiger partial charge in [0.15, 0.2) is 18.1 Å². The van der Waals surface area contributed by atoms with E-state index in [1.165, 1.54) is 0 Å². The van der Waals surface area contributed by atoms with Crippen LogP contribution in [0.3, 0.4) is 0 Å². The van der Waals surface area contributed by atoms with Crippen molar-refractivity contribution in [2.45, 2.75) is 19.6 Å². The minimum atomic E-state index is -0.225. The van der Waals surface area contributed by atoms with Crippen molar-refractivity contribution in [3.05, 3.63) is 96.3 Å². The number of pyridine rings is 1. The molecule has 0 saturated heterocycles. The third-order valence-electron chi connectivity index (χ3n) is 4.47. The van der Waals surface area contributed by atoms with Crippen molar-refractivity contribution < 1.29 is 19.0 Å². The quantitative estimate of drug-likeness (QED) is 0.475. The lowest BCUT2D eigenvalue weighted by atomic mass is 10.1. The average Bonchev–Trinajstić information content (AvgIpc) is 2.81. The Morgan fingerprint density at radius 2 is 1.94 bits per heavy atom. The fourth-order valence-corrected chi connectivity index (χ4v) is 2.91. The highest BCUT2D eigenvalue weighted by Gasteiger charge is 2.09.